The van der Waals surface area contributed by atoms with Crippen LogP contribution in [0.5, 0.6) is 0 Å². The number of cyclic esters (lactones) is 2. The lowest BCUT2D eigenvalue weighted by molar-refractivity contribution is -0.276. The van der Waals surface area contributed by atoms with Crippen LogP contribution in [0, 0.1) is 0 Å². The van der Waals surface area contributed by atoms with Crippen LogP contribution >= 0.6 is 0 Å². The van der Waals surface area contributed by atoms with E-state index in [0.29, 0.717) is 0 Å². The van der Waals surface area contributed by atoms with Gasteiger partial charge in [0.2, 0.25) is 9.84 Å². The highest BCUT2D eigenvalue weighted by Gasteiger charge is 2.82. The van der Waals surface area contributed by atoms with Gasteiger partial charge >= 0.3 is 35.0 Å². The number of halogens is 6. The summed E-state index contributed by atoms with van der Waals surface area (Å²) in [6, 6.07) is 0. The predicted octanol–water partition coefficient (Wildman–Crippen LogP) is -0.182. The van der Waals surface area contributed by atoms with Gasteiger partial charge in [-0.05, 0) is 0 Å². The van der Waals surface area contributed by atoms with Crippen LogP contribution in [0.2, 0.25) is 0 Å². The van der Waals surface area contributed by atoms with Crippen LogP contribution in [-0.2, 0) is 33.7 Å². The van der Waals surface area contributed by atoms with Crippen molar-refractivity contribution in [1.82, 2.24) is 0 Å². The van der Waals surface area contributed by atoms with Gasteiger partial charge in [0, 0.05) is 0 Å². The molecule has 0 aliphatic carbocycles. The molecule has 0 atom stereocenters. The maximum atomic E-state index is 13.6. The van der Waals surface area contributed by atoms with Crippen molar-refractivity contribution in [3.63, 3.8) is 0 Å². The molecule has 0 spiro atoms. The second kappa shape index (κ2) is 5.78. The van der Waals surface area contributed by atoms with Crippen molar-refractivity contribution in [1.29, 1.82) is 0 Å². The molecule has 24 heavy (non-hydrogen) atoms. The summed E-state index contributed by atoms with van der Waals surface area (Å²) >= 11 is 0. The number of rotatable bonds is 5. The Morgan fingerprint density at radius 3 is 1.71 bits per heavy atom. The van der Waals surface area contributed by atoms with Crippen LogP contribution in [0.4, 0.5) is 26.3 Å². The standard InChI is InChI=1S/C9H6F6O8S/c10-7(11,6(18)19)8(12,13)9(14,15)24(20,21)3-4(16)22-1-2-23-5(3)17/h3H,1-2H2,(H,18,19). The molecule has 0 bridgehead atoms. The van der Waals surface area contributed by atoms with Crippen molar-refractivity contribution in [2.24, 2.45) is 0 Å². The van der Waals surface area contributed by atoms with E-state index in [9.17, 15) is 49.1 Å². The molecule has 138 valence electrons. The number of aliphatic carboxylic acids is 1. The van der Waals surface area contributed by atoms with Crippen LogP contribution in [0.15, 0.2) is 0 Å². The molecule has 0 saturated carbocycles. The fourth-order valence-corrected chi connectivity index (χ4v) is 2.85. The Morgan fingerprint density at radius 2 is 1.38 bits per heavy atom. The van der Waals surface area contributed by atoms with E-state index in [1.807, 2.05) is 0 Å². The molecule has 0 amide bonds. The average molecular weight is 388 g/mol. The van der Waals surface area contributed by atoms with Crippen molar-refractivity contribution >= 4 is 27.7 Å². The maximum Gasteiger partial charge on any atom is 0.415 e. The Bertz CT molecular complexity index is 654. The first-order valence-corrected chi connectivity index (χ1v) is 7.10. The molecule has 1 heterocycles. The van der Waals surface area contributed by atoms with E-state index in [1.165, 1.54) is 0 Å². The summed E-state index contributed by atoms with van der Waals surface area (Å²) in [5, 5.41) is -2.59. The number of esters is 2. The van der Waals surface area contributed by atoms with E-state index in [4.69, 9.17) is 5.11 Å². The number of alkyl halides is 6. The molecule has 1 rings (SSSR count). The average Bonchev–Trinajstić information content (AvgIpc) is 2.58. The summed E-state index contributed by atoms with van der Waals surface area (Å²) in [4.78, 5) is 32.5. The Balaban J connectivity index is 3.51. The summed E-state index contributed by atoms with van der Waals surface area (Å²) in [5.74, 6) is -21.8. The second-order valence-corrected chi connectivity index (χ2v) is 6.30. The number of carboxylic acids is 1. The lowest BCUT2D eigenvalue weighted by atomic mass is 10.2. The zero-order chi connectivity index (χ0) is 19.1. The summed E-state index contributed by atoms with van der Waals surface area (Å²) in [6.45, 7) is -1.60. The fourth-order valence-electron chi connectivity index (χ4n) is 1.43. The Labute approximate surface area is 128 Å². The molecule has 0 aromatic heterocycles. The highest BCUT2D eigenvalue weighted by atomic mass is 32.2. The smallest absolute Gasteiger partial charge is 0.415 e. The van der Waals surface area contributed by atoms with E-state index >= 15 is 0 Å². The minimum absolute atomic E-state index is 0.802. The largest absolute Gasteiger partial charge is 0.477 e. The van der Waals surface area contributed by atoms with Gasteiger partial charge in [0.1, 0.15) is 13.2 Å². The molecule has 1 fully saturated rings. The third-order valence-electron chi connectivity index (χ3n) is 2.70. The van der Waals surface area contributed by atoms with Gasteiger partial charge in [-0.1, -0.05) is 0 Å². The second-order valence-electron chi connectivity index (χ2n) is 4.23. The topological polar surface area (TPSA) is 124 Å². The molecular formula is C9H6F6O8S. The van der Waals surface area contributed by atoms with Gasteiger partial charge in [0.25, 0.3) is 5.25 Å². The number of carboxylic acid groups (broad SMARTS) is 1. The van der Waals surface area contributed by atoms with Gasteiger partial charge < -0.3 is 14.6 Å². The van der Waals surface area contributed by atoms with Crippen molar-refractivity contribution in [2.45, 2.75) is 22.3 Å². The fraction of sp³-hybridized carbons (Fsp3) is 0.667. The summed E-state index contributed by atoms with van der Waals surface area (Å²) in [7, 11) is -7.03. The number of carbonyl (C=O) groups is 3. The van der Waals surface area contributed by atoms with Gasteiger partial charge in [-0.2, -0.15) is 26.3 Å². The first-order valence-electron chi connectivity index (χ1n) is 5.56. The zero-order valence-electron chi connectivity index (χ0n) is 11.0. The van der Waals surface area contributed by atoms with Crippen LogP contribution in [-0.4, -0.2) is 67.0 Å². The normalized spacial score (nSPS) is 18.6. The molecule has 0 unspecified atom stereocenters. The molecule has 1 aliphatic rings. The Morgan fingerprint density at radius 1 is 1.00 bits per heavy atom. The van der Waals surface area contributed by atoms with Gasteiger partial charge in [-0.3, -0.25) is 9.59 Å². The molecular weight excluding hydrogens is 382 g/mol. The molecule has 0 aromatic rings. The van der Waals surface area contributed by atoms with E-state index in [2.05, 4.69) is 9.47 Å². The molecule has 0 radical (unpaired) electrons. The quantitative estimate of drug-likeness (QED) is 0.391. The lowest BCUT2D eigenvalue weighted by Crippen LogP contribution is -2.63. The van der Waals surface area contributed by atoms with E-state index in [0.717, 1.165) is 0 Å². The Kier molecular flexibility index (Phi) is 4.82. The molecule has 1 aliphatic heterocycles. The molecule has 15 heteroatoms. The highest BCUT2D eigenvalue weighted by molar-refractivity contribution is 7.94. The molecule has 8 nitrogen and oxygen atoms in total. The molecule has 1 saturated heterocycles. The SMILES string of the molecule is O=C1OCCOC(=O)C1S(=O)(=O)C(F)(F)C(F)(F)C(F)(F)C(=O)O. The third kappa shape index (κ3) is 2.65. The number of hydrogen-bond donors (Lipinski definition) is 1. The predicted molar refractivity (Wildman–Crippen MR) is 57.1 cm³/mol. The number of sulfone groups is 1. The monoisotopic (exact) mass is 388 g/mol. The number of ether oxygens (including phenoxy) is 2. The van der Waals surface area contributed by atoms with Crippen molar-refractivity contribution in [3.8, 4) is 0 Å². The van der Waals surface area contributed by atoms with E-state index < -0.39 is 63.3 Å². The highest BCUT2D eigenvalue weighted by Crippen LogP contribution is 2.49. The van der Waals surface area contributed by atoms with Gasteiger partial charge in [-0.15, -0.1) is 0 Å². The zero-order valence-corrected chi connectivity index (χ0v) is 11.8. The van der Waals surface area contributed by atoms with Crippen molar-refractivity contribution in [3.05, 3.63) is 0 Å². The van der Waals surface area contributed by atoms with Gasteiger partial charge in [0.05, 0.1) is 0 Å². The Hall–Kier alpha value is -2.06. The van der Waals surface area contributed by atoms with E-state index in [1.54, 1.807) is 0 Å². The summed E-state index contributed by atoms with van der Waals surface area (Å²) in [5.41, 5.74) is 0. The minimum atomic E-state index is -7.03. The summed E-state index contributed by atoms with van der Waals surface area (Å²) < 4.78 is 110. The lowest BCUT2D eigenvalue weighted by Gasteiger charge is -2.30. The minimum Gasteiger partial charge on any atom is -0.477 e. The van der Waals surface area contributed by atoms with Gasteiger partial charge in [0.15, 0.2) is 0 Å². The first kappa shape index (κ1) is 20.0. The first-order chi connectivity index (χ1) is 10.6. The molecule has 1 N–H and O–H groups in total. The van der Waals surface area contributed by atoms with Gasteiger partial charge in [-0.25, -0.2) is 13.2 Å². The van der Waals surface area contributed by atoms with Crippen LogP contribution in [0.25, 0.3) is 0 Å². The van der Waals surface area contributed by atoms with Crippen LogP contribution < -0.4 is 0 Å². The van der Waals surface area contributed by atoms with E-state index in [-0.39, 0.29) is 0 Å². The number of hydrogen-bond acceptors (Lipinski definition) is 7. The van der Waals surface area contributed by atoms with Crippen molar-refractivity contribution < 1.29 is 63.7 Å². The number of carbonyl (C=O) groups excluding carboxylic acids is 2. The van der Waals surface area contributed by atoms with Crippen LogP contribution in [0.3, 0.4) is 0 Å². The third-order valence-corrected chi connectivity index (χ3v) is 4.67. The van der Waals surface area contributed by atoms with Crippen LogP contribution in [0.1, 0.15) is 0 Å². The summed E-state index contributed by atoms with van der Waals surface area (Å²) in [6.07, 6.45) is 0. The maximum absolute atomic E-state index is 13.6. The molecule has 0 aromatic carbocycles. The van der Waals surface area contributed by atoms with Crippen molar-refractivity contribution in [2.75, 3.05) is 13.2 Å².